The summed E-state index contributed by atoms with van der Waals surface area (Å²) in [5.41, 5.74) is 6.44. The van der Waals surface area contributed by atoms with Gasteiger partial charge >= 0.3 is 0 Å². The number of benzene rings is 6. The second kappa shape index (κ2) is 10.7. The van der Waals surface area contributed by atoms with Gasteiger partial charge in [0.15, 0.2) is 5.82 Å². The van der Waals surface area contributed by atoms with Crippen molar-refractivity contribution in [3.63, 3.8) is 0 Å². The predicted octanol–water partition coefficient (Wildman–Crippen LogP) is 11.1. The molecule has 3 aromatic heterocycles. The van der Waals surface area contributed by atoms with Crippen molar-refractivity contribution < 1.29 is 0 Å². The summed E-state index contributed by atoms with van der Waals surface area (Å²) in [6, 6.07) is 43.5. The van der Waals surface area contributed by atoms with Crippen molar-refractivity contribution in [3.8, 4) is 11.5 Å². The average Bonchev–Trinajstić information content (AvgIpc) is 3.69. The Bertz CT molecular complexity index is 2770. The SMILES string of the molecule is C=C/C=C\C=C(/C)c1nc(-n2c3ccc(-n4ccc5ccccc54)cc3c3cc4ccccc4cc32)c2ccc3ccccc3c2n1. The Hall–Kier alpha value is -6.26. The van der Waals surface area contributed by atoms with Crippen molar-refractivity contribution in [1.82, 2.24) is 19.1 Å². The molecule has 0 radical (unpaired) electrons. The van der Waals surface area contributed by atoms with Crippen LogP contribution in [0.3, 0.4) is 0 Å². The second-order valence-corrected chi connectivity index (χ2v) is 12.0. The zero-order chi connectivity index (χ0) is 31.5. The minimum atomic E-state index is 0.698. The first kappa shape index (κ1) is 27.1. The first-order valence-electron chi connectivity index (χ1n) is 15.9. The third-order valence-corrected chi connectivity index (χ3v) is 9.22. The maximum atomic E-state index is 5.34. The fourth-order valence-corrected chi connectivity index (χ4v) is 6.93. The van der Waals surface area contributed by atoms with Gasteiger partial charge in [-0.3, -0.25) is 4.57 Å². The molecule has 0 unspecified atom stereocenters. The molecule has 0 bridgehead atoms. The van der Waals surface area contributed by atoms with Gasteiger partial charge in [0.1, 0.15) is 5.82 Å². The summed E-state index contributed by atoms with van der Waals surface area (Å²) in [5.74, 6) is 1.56. The molecule has 4 nitrogen and oxygen atoms in total. The maximum Gasteiger partial charge on any atom is 0.157 e. The van der Waals surface area contributed by atoms with Gasteiger partial charge in [0, 0.05) is 33.4 Å². The summed E-state index contributed by atoms with van der Waals surface area (Å²) >= 11 is 0. The zero-order valence-corrected chi connectivity index (χ0v) is 25.9. The van der Waals surface area contributed by atoms with Crippen LogP contribution in [-0.2, 0) is 0 Å². The molecule has 0 aliphatic carbocycles. The smallest absolute Gasteiger partial charge is 0.157 e. The van der Waals surface area contributed by atoms with Crippen molar-refractivity contribution in [2.24, 2.45) is 0 Å². The van der Waals surface area contributed by atoms with Crippen LogP contribution in [0, 0.1) is 0 Å². The molecular formula is C43H30N4. The number of aromatic nitrogens is 4. The first-order chi connectivity index (χ1) is 23.2. The predicted molar refractivity (Wildman–Crippen MR) is 199 cm³/mol. The van der Waals surface area contributed by atoms with E-state index in [4.69, 9.17) is 9.97 Å². The molecule has 6 aromatic carbocycles. The number of allylic oxidation sites excluding steroid dienone is 5. The van der Waals surface area contributed by atoms with E-state index < -0.39 is 0 Å². The molecule has 4 heteroatoms. The second-order valence-electron chi connectivity index (χ2n) is 12.0. The Morgan fingerprint density at radius 3 is 2.19 bits per heavy atom. The molecule has 0 spiro atoms. The van der Waals surface area contributed by atoms with E-state index in [9.17, 15) is 0 Å². The van der Waals surface area contributed by atoms with Crippen LogP contribution in [-0.4, -0.2) is 19.1 Å². The van der Waals surface area contributed by atoms with Gasteiger partial charge in [-0.05, 0) is 82.6 Å². The monoisotopic (exact) mass is 602 g/mol. The first-order valence-corrected chi connectivity index (χ1v) is 15.9. The Morgan fingerprint density at radius 1 is 0.596 bits per heavy atom. The summed E-state index contributed by atoms with van der Waals surface area (Å²) < 4.78 is 4.61. The molecule has 9 aromatic rings. The van der Waals surface area contributed by atoms with Crippen LogP contribution in [0.15, 0.2) is 158 Å². The molecule has 0 aliphatic heterocycles. The Kier molecular flexibility index (Phi) is 6.15. The van der Waals surface area contributed by atoms with E-state index in [1.165, 1.54) is 32.4 Å². The molecule has 0 atom stereocenters. The van der Waals surface area contributed by atoms with E-state index in [0.717, 1.165) is 49.8 Å². The van der Waals surface area contributed by atoms with Gasteiger partial charge in [0.25, 0.3) is 0 Å². The minimum absolute atomic E-state index is 0.698. The minimum Gasteiger partial charge on any atom is -0.317 e. The van der Waals surface area contributed by atoms with E-state index in [2.05, 4.69) is 150 Å². The van der Waals surface area contributed by atoms with Gasteiger partial charge in [-0.15, -0.1) is 0 Å². The number of rotatable bonds is 5. The Morgan fingerprint density at radius 2 is 1.34 bits per heavy atom. The topological polar surface area (TPSA) is 35.6 Å². The number of hydrogen-bond donors (Lipinski definition) is 0. The lowest BCUT2D eigenvalue weighted by Crippen LogP contribution is -2.04. The largest absolute Gasteiger partial charge is 0.317 e. The van der Waals surface area contributed by atoms with Crippen molar-refractivity contribution in [2.45, 2.75) is 6.92 Å². The highest BCUT2D eigenvalue weighted by atomic mass is 15.1. The molecule has 9 rings (SSSR count). The normalized spacial score (nSPS) is 12.5. The molecule has 222 valence electrons. The van der Waals surface area contributed by atoms with Crippen molar-refractivity contribution in [2.75, 3.05) is 0 Å². The highest BCUT2D eigenvalue weighted by Crippen LogP contribution is 2.39. The molecule has 47 heavy (non-hydrogen) atoms. The van der Waals surface area contributed by atoms with Gasteiger partial charge in [0.05, 0.1) is 22.1 Å². The van der Waals surface area contributed by atoms with Crippen LogP contribution in [0.2, 0.25) is 0 Å². The van der Waals surface area contributed by atoms with Crippen LogP contribution in [0.5, 0.6) is 0 Å². The lowest BCUT2D eigenvalue weighted by Gasteiger charge is -2.14. The van der Waals surface area contributed by atoms with Crippen molar-refractivity contribution >= 4 is 70.7 Å². The van der Waals surface area contributed by atoms with Crippen molar-refractivity contribution in [3.05, 3.63) is 164 Å². The van der Waals surface area contributed by atoms with E-state index in [1.54, 1.807) is 6.08 Å². The molecule has 0 N–H and O–H groups in total. The molecule has 0 saturated carbocycles. The third kappa shape index (κ3) is 4.30. The third-order valence-electron chi connectivity index (χ3n) is 9.22. The molecule has 0 aliphatic rings. The average molecular weight is 603 g/mol. The summed E-state index contributed by atoms with van der Waals surface area (Å²) in [7, 11) is 0. The van der Waals surface area contributed by atoms with Crippen LogP contribution in [0.4, 0.5) is 0 Å². The highest BCUT2D eigenvalue weighted by Gasteiger charge is 2.20. The molecule has 3 heterocycles. The Labute approximate surface area is 271 Å². The summed E-state index contributed by atoms with van der Waals surface area (Å²) in [6.45, 7) is 5.88. The molecule has 0 saturated heterocycles. The molecular weight excluding hydrogens is 573 g/mol. The van der Waals surface area contributed by atoms with E-state index in [0.29, 0.717) is 5.82 Å². The fraction of sp³-hybridized carbons (Fsp3) is 0.0233. The summed E-state index contributed by atoms with van der Waals surface area (Å²) in [4.78, 5) is 10.5. The van der Waals surface area contributed by atoms with Crippen LogP contribution in [0.25, 0.3) is 82.2 Å². The van der Waals surface area contributed by atoms with Crippen LogP contribution in [0.1, 0.15) is 12.7 Å². The standard InChI is InChI=1S/C43H30N4/c1-3-4-5-12-28(2)42-44-41-34-17-10-8-13-29(34)19-21-35(41)43(45-42)47-39-22-20-33(46-24-23-30-14-9-11-18-38(30)46)27-37(39)36-25-31-15-6-7-16-32(31)26-40(36)47/h3-27H,1H2,2H3/b5-4-,28-12+. The maximum absolute atomic E-state index is 5.34. The highest BCUT2D eigenvalue weighted by molar-refractivity contribution is 6.16. The van der Waals surface area contributed by atoms with Gasteiger partial charge < -0.3 is 4.57 Å². The van der Waals surface area contributed by atoms with E-state index in [1.807, 2.05) is 18.2 Å². The van der Waals surface area contributed by atoms with E-state index >= 15 is 0 Å². The zero-order valence-electron chi connectivity index (χ0n) is 25.9. The lowest BCUT2D eigenvalue weighted by molar-refractivity contribution is 1.05. The van der Waals surface area contributed by atoms with Gasteiger partial charge in [-0.25, -0.2) is 9.97 Å². The lowest BCUT2D eigenvalue weighted by atomic mass is 10.1. The van der Waals surface area contributed by atoms with Crippen LogP contribution < -0.4 is 0 Å². The van der Waals surface area contributed by atoms with Crippen molar-refractivity contribution in [1.29, 1.82) is 0 Å². The molecule has 0 fully saturated rings. The number of para-hydroxylation sites is 1. The van der Waals surface area contributed by atoms with Gasteiger partial charge in [-0.1, -0.05) is 104 Å². The van der Waals surface area contributed by atoms with Crippen LogP contribution >= 0.6 is 0 Å². The van der Waals surface area contributed by atoms with E-state index in [-0.39, 0.29) is 0 Å². The summed E-state index contributed by atoms with van der Waals surface area (Å²) in [6.07, 6.45) is 9.88. The van der Waals surface area contributed by atoms with Gasteiger partial charge in [-0.2, -0.15) is 0 Å². The fourth-order valence-electron chi connectivity index (χ4n) is 6.93. The number of hydrogen-bond acceptors (Lipinski definition) is 2. The molecule has 0 amide bonds. The summed E-state index contributed by atoms with van der Waals surface area (Å²) in [5, 5.41) is 9.26. The van der Waals surface area contributed by atoms with Gasteiger partial charge in [0.2, 0.25) is 0 Å². The Balaban J connectivity index is 1.41. The quantitative estimate of drug-likeness (QED) is 0.145. The number of nitrogens with zero attached hydrogens (tertiary/aromatic N) is 4. The number of fused-ring (bicyclic) bond motifs is 8.